The van der Waals surface area contributed by atoms with Gasteiger partial charge in [-0.2, -0.15) is 5.26 Å². The van der Waals surface area contributed by atoms with Gasteiger partial charge in [0.2, 0.25) is 5.91 Å². The van der Waals surface area contributed by atoms with E-state index in [9.17, 15) is 19.6 Å². The minimum Gasteiger partial charge on any atom is -0.352 e. The summed E-state index contributed by atoms with van der Waals surface area (Å²) in [5.41, 5.74) is 4.20. The quantitative estimate of drug-likeness (QED) is 0.252. The normalized spacial score (nSPS) is 21.2. The van der Waals surface area contributed by atoms with Crippen LogP contribution in [0.5, 0.6) is 0 Å². The number of benzene rings is 2. The summed E-state index contributed by atoms with van der Waals surface area (Å²) >= 11 is 0. The Balaban J connectivity index is 1.42. The van der Waals surface area contributed by atoms with Crippen LogP contribution in [0.3, 0.4) is 0 Å². The molecule has 0 radical (unpaired) electrons. The van der Waals surface area contributed by atoms with Crippen LogP contribution < -0.4 is 16.0 Å². The summed E-state index contributed by atoms with van der Waals surface area (Å²) in [6.07, 6.45) is 4.25. The zero-order valence-corrected chi connectivity index (χ0v) is 26.6. The lowest BCUT2D eigenvalue weighted by molar-refractivity contribution is -0.131. The number of likely N-dealkylation sites (tertiary alicyclic amines) is 1. The number of tetrazole rings is 1. The van der Waals surface area contributed by atoms with E-state index in [2.05, 4.69) is 49.6 Å². The molecule has 3 aromatic rings. The number of aromatic nitrogens is 4. The van der Waals surface area contributed by atoms with Gasteiger partial charge in [-0.05, 0) is 115 Å². The molecule has 12 nitrogen and oxygen atoms in total. The van der Waals surface area contributed by atoms with Crippen LogP contribution >= 0.6 is 0 Å². The fraction of sp³-hybridized carbons (Fsp3) is 0.500. The molecule has 1 aromatic heterocycles. The Morgan fingerprint density at radius 1 is 1.00 bits per heavy atom. The Kier molecular flexibility index (Phi) is 8.86. The number of carbonyl (C=O) groups is 3. The third-order valence-corrected chi connectivity index (χ3v) is 9.87. The highest BCUT2D eigenvalue weighted by atomic mass is 16.2. The molecule has 2 aromatic carbocycles. The van der Waals surface area contributed by atoms with Gasteiger partial charge in [0.1, 0.15) is 6.04 Å². The Morgan fingerprint density at radius 2 is 1.63 bits per heavy atom. The molecule has 1 saturated carbocycles. The highest BCUT2D eigenvalue weighted by Gasteiger charge is 2.54. The molecule has 1 saturated heterocycles. The number of hydrogen-bond acceptors (Lipinski definition) is 8. The standard InChI is InChI=1S/C34H41N9O3/c1-4-25(38-19-30(44)43-26(18-35)15-24-16-29(24)43)17-34(33-39-41-42-40-33)27-11-9-22(31(45)36-5-2)13-20(27)7-8-21-14-23(10-12-28(21)34)32(46)37-6-3/h9-14,24-26,29,38H,4-8,15-17,19H2,1-3H3,(H,36,45)(H,37,46)(H,39,40,41,42)/t24-,25-,26+,29+/m1/s1. The first-order valence-electron chi connectivity index (χ1n) is 16.4. The third-order valence-electron chi connectivity index (χ3n) is 9.87. The van der Waals surface area contributed by atoms with Gasteiger partial charge >= 0.3 is 0 Å². The van der Waals surface area contributed by atoms with E-state index in [0.717, 1.165) is 35.1 Å². The van der Waals surface area contributed by atoms with Crippen LogP contribution in [0.4, 0.5) is 0 Å². The van der Waals surface area contributed by atoms with E-state index in [0.29, 0.717) is 61.6 Å². The molecule has 3 aliphatic rings. The van der Waals surface area contributed by atoms with Crippen molar-refractivity contribution in [3.8, 4) is 6.07 Å². The molecular formula is C34H41N9O3. The molecule has 3 amide bonds. The minimum absolute atomic E-state index is 0.0507. The van der Waals surface area contributed by atoms with E-state index >= 15 is 0 Å². The lowest BCUT2D eigenvalue weighted by Crippen LogP contribution is -2.47. The number of fused-ring (bicyclic) bond motifs is 3. The fourth-order valence-corrected chi connectivity index (χ4v) is 7.55. The van der Waals surface area contributed by atoms with E-state index in [-0.39, 0.29) is 42.4 Å². The van der Waals surface area contributed by atoms with Crippen molar-refractivity contribution in [1.82, 2.24) is 41.5 Å². The highest BCUT2D eigenvalue weighted by Crippen LogP contribution is 2.48. The second kappa shape index (κ2) is 13.0. The van der Waals surface area contributed by atoms with Crippen molar-refractivity contribution in [2.45, 2.75) is 82.8 Å². The lowest BCUT2D eigenvalue weighted by atomic mass is 9.67. The average Bonchev–Trinajstić information content (AvgIpc) is 3.45. The van der Waals surface area contributed by atoms with Crippen molar-refractivity contribution in [2.75, 3.05) is 19.6 Å². The Bertz CT molecular complexity index is 1590. The van der Waals surface area contributed by atoms with Crippen molar-refractivity contribution >= 4 is 17.7 Å². The number of amides is 3. The molecule has 2 fully saturated rings. The molecule has 4 atom stereocenters. The van der Waals surface area contributed by atoms with Gasteiger partial charge in [0, 0.05) is 36.3 Å². The number of hydrogen-bond donors (Lipinski definition) is 4. The van der Waals surface area contributed by atoms with Crippen LogP contribution in [0.1, 0.15) is 95.2 Å². The van der Waals surface area contributed by atoms with E-state index in [1.54, 1.807) is 4.90 Å². The van der Waals surface area contributed by atoms with Gasteiger partial charge in [-0.1, -0.05) is 19.1 Å². The third kappa shape index (κ3) is 5.64. The number of piperidine rings is 1. The number of carbonyl (C=O) groups excluding carboxylic acids is 3. The summed E-state index contributed by atoms with van der Waals surface area (Å²) < 4.78 is 0. The summed E-state index contributed by atoms with van der Waals surface area (Å²) in [6.45, 7) is 7.02. The van der Waals surface area contributed by atoms with Crippen molar-refractivity contribution in [1.29, 1.82) is 5.26 Å². The molecule has 46 heavy (non-hydrogen) atoms. The maximum atomic E-state index is 13.4. The maximum Gasteiger partial charge on any atom is 0.251 e. The summed E-state index contributed by atoms with van der Waals surface area (Å²) in [5.74, 6) is 0.666. The maximum absolute atomic E-state index is 13.4. The van der Waals surface area contributed by atoms with Crippen molar-refractivity contribution in [2.24, 2.45) is 5.92 Å². The molecule has 6 rings (SSSR count). The monoisotopic (exact) mass is 623 g/mol. The second-order valence-electron chi connectivity index (χ2n) is 12.6. The van der Waals surface area contributed by atoms with Crippen LogP contribution in [0.2, 0.25) is 0 Å². The van der Waals surface area contributed by atoms with Crippen LogP contribution in [0, 0.1) is 17.2 Å². The predicted octanol–water partition coefficient (Wildman–Crippen LogP) is 2.40. The minimum atomic E-state index is -0.884. The number of rotatable bonds is 11. The zero-order chi connectivity index (χ0) is 32.4. The molecule has 4 N–H and O–H groups in total. The van der Waals surface area contributed by atoms with Crippen molar-refractivity contribution < 1.29 is 14.4 Å². The molecule has 12 heteroatoms. The number of nitrogens with zero attached hydrogens (tertiary/aromatic N) is 5. The molecule has 240 valence electrons. The zero-order valence-electron chi connectivity index (χ0n) is 26.6. The van der Waals surface area contributed by atoms with Crippen LogP contribution in [0.15, 0.2) is 36.4 Å². The fourth-order valence-electron chi connectivity index (χ4n) is 7.55. The first-order valence-corrected chi connectivity index (χ1v) is 16.4. The summed E-state index contributed by atoms with van der Waals surface area (Å²) in [5, 5.41) is 34.5. The Hall–Kier alpha value is -4.63. The van der Waals surface area contributed by atoms with Crippen LogP contribution in [-0.4, -0.2) is 81.0 Å². The van der Waals surface area contributed by atoms with Gasteiger partial charge in [-0.3, -0.25) is 14.4 Å². The van der Waals surface area contributed by atoms with Crippen LogP contribution in [-0.2, 0) is 23.1 Å². The first-order chi connectivity index (χ1) is 22.3. The predicted molar refractivity (Wildman–Crippen MR) is 170 cm³/mol. The largest absolute Gasteiger partial charge is 0.352 e. The molecular weight excluding hydrogens is 582 g/mol. The summed E-state index contributed by atoms with van der Waals surface area (Å²) in [4.78, 5) is 41.0. The van der Waals surface area contributed by atoms with Crippen molar-refractivity contribution in [3.63, 3.8) is 0 Å². The molecule has 2 aliphatic carbocycles. The number of nitrogens with one attached hydrogen (secondary N) is 4. The number of aromatic amines is 1. The van der Waals surface area contributed by atoms with Gasteiger partial charge in [-0.25, -0.2) is 5.10 Å². The number of nitriles is 1. The van der Waals surface area contributed by atoms with E-state index in [1.807, 2.05) is 50.2 Å². The number of H-pyrrole nitrogens is 1. The highest BCUT2D eigenvalue weighted by molar-refractivity contribution is 5.95. The Morgan fingerprint density at radius 3 is 2.15 bits per heavy atom. The van der Waals surface area contributed by atoms with Crippen LogP contribution in [0.25, 0.3) is 0 Å². The smallest absolute Gasteiger partial charge is 0.251 e. The molecule has 0 bridgehead atoms. The molecule has 2 heterocycles. The Labute approximate surface area is 268 Å². The van der Waals surface area contributed by atoms with E-state index in [1.165, 1.54) is 0 Å². The van der Waals surface area contributed by atoms with Crippen molar-refractivity contribution in [3.05, 3.63) is 75.6 Å². The van der Waals surface area contributed by atoms with E-state index in [4.69, 9.17) is 0 Å². The summed E-state index contributed by atoms with van der Waals surface area (Å²) in [7, 11) is 0. The van der Waals surface area contributed by atoms with E-state index < -0.39 is 5.41 Å². The molecule has 0 spiro atoms. The second-order valence-corrected chi connectivity index (χ2v) is 12.6. The van der Waals surface area contributed by atoms with Gasteiger partial charge in [0.25, 0.3) is 11.8 Å². The van der Waals surface area contributed by atoms with Gasteiger partial charge in [0.15, 0.2) is 5.82 Å². The molecule has 1 aliphatic heterocycles. The first kappa shape index (κ1) is 31.4. The van der Waals surface area contributed by atoms with Gasteiger partial charge in [-0.15, -0.1) is 5.10 Å². The van der Waals surface area contributed by atoms with Gasteiger partial charge in [0.05, 0.1) is 18.0 Å². The molecule has 0 unspecified atom stereocenters. The topological polar surface area (TPSA) is 169 Å². The lowest BCUT2D eigenvalue weighted by Gasteiger charge is -2.37. The average molecular weight is 624 g/mol. The number of aryl methyl sites for hydroxylation is 2. The van der Waals surface area contributed by atoms with Gasteiger partial charge < -0.3 is 20.9 Å². The SMILES string of the molecule is CCNC(=O)c1ccc2c(c1)CCc1cc(C(=O)NCC)ccc1C2(C[C@@H](CC)NCC(=O)N1[C@H](C#N)C[C@@H]2C[C@@H]21)c1nnn[nH]1. The summed E-state index contributed by atoms with van der Waals surface area (Å²) in [6, 6.07) is 13.6.